The van der Waals surface area contributed by atoms with E-state index in [-0.39, 0.29) is 12.1 Å². The normalized spacial score (nSPS) is 12.4. The Bertz CT molecular complexity index is 1050. The van der Waals surface area contributed by atoms with Crippen LogP contribution in [0.4, 0.5) is 13.2 Å². The molecule has 1 atom stereocenters. The van der Waals surface area contributed by atoms with E-state index in [1.165, 1.54) is 13.2 Å². The molecule has 0 aliphatic rings. The van der Waals surface area contributed by atoms with Crippen LogP contribution >= 0.6 is 0 Å². The van der Waals surface area contributed by atoms with E-state index in [1.54, 1.807) is 39.1 Å². The quantitative estimate of drug-likeness (QED) is 0.389. The van der Waals surface area contributed by atoms with Crippen LogP contribution in [-0.4, -0.2) is 54.5 Å². The molecular formula is C24H30F3N5O4. The van der Waals surface area contributed by atoms with Crippen LogP contribution in [-0.2, 0) is 22.3 Å². The minimum absolute atomic E-state index is 0.0707. The Morgan fingerprint density at radius 2 is 1.81 bits per heavy atom. The van der Waals surface area contributed by atoms with Gasteiger partial charge in [0.05, 0.1) is 19.2 Å². The van der Waals surface area contributed by atoms with Crippen molar-refractivity contribution in [1.29, 1.82) is 0 Å². The maximum atomic E-state index is 12.9. The lowest BCUT2D eigenvalue weighted by molar-refractivity contribution is -0.137. The van der Waals surface area contributed by atoms with Crippen molar-refractivity contribution in [3.63, 3.8) is 0 Å². The van der Waals surface area contributed by atoms with Crippen molar-refractivity contribution in [3.05, 3.63) is 59.3 Å². The molecule has 2 aromatic rings. The summed E-state index contributed by atoms with van der Waals surface area (Å²) in [6.07, 6.45) is -2.99. The molecule has 196 valence electrons. The van der Waals surface area contributed by atoms with E-state index in [2.05, 4.69) is 26.3 Å². The number of aromatic nitrogens is 1. The molecule has 1 aromatic heterocycles. The highest BCUT2D eigenvalue weighted by atomic mass is 19.4. The number of hydrogen-bond donors (Lipinski definition) is 4. The van der Waals surface area contributed by atoms with Crippen LogP contribution in [0.1, 0.15) is 42.3 Å². The number of ether oxygens (including phenoxy) is 1. The van der Waals surface area contributed by atoms with Crippen molar-refractivity contribution < 1.29 is 32.3 Å². The summed E-state index contributed by atoms with van der Waals surface area (Å²) in [6.45, 7) is 5.26. The summed E-state index contributed by atoms with van der Waals surface area (Å²) in [5.41, 5.74) is -0.950. The van der Waals surface area contributed by atoms with E-state index in [1.807, 2.05) is 0 Å². The third-order valence-corrected chi connectivity index (χ3v) is 4.70. The number of amides is 3. The van der Waals surface area contributed by atoms with Crippen LogP contribution in [0.2, 0.25) is 0 Å². The highest BCUT2D eigenvalue weighted by Gasteiger charge is 2.31. The molecule has 0 radical (unpaired) electrons. The average molecular weight is 510 g/mol. The second kappa shape index (κ2) is 12.3. The second-order valence-corrected chi connectivity index (χ2v) is 8.96. The molecule has 12 heteroatoms. The Balaban J connectivity index is 1.97. The average Bonchev–Trinajstić information content (AvgIpc) is 2.80. The Morgan fingerprint density at radius 1 is 1.08 bits per heavy atom. The first-order chi connectivity index (χ1) is 16.8. The first-order valence-electron chi connectivity index (χ1n) is 11.0. The summed E-state index contributed by atoms with van der Waals surface area (Å²) in [4.78, 5) is 41.5. The smallest absolute Gasteiger partial charge is 0.416 e. The van der Waals surface area contributed by atoms with Crippen molar-refractivity contribution in [1.82, 2.24) is 26.3 Å². The monoisotopic (exact) mass is 509 g/mol. The molecule has 2 rings (SSSR count). The summed E-state index contributed by atoms with van der Waals surface area (Å²) in [5.74, 6) is -1.52. The van der Waals surface area contributed by atoms with Gasteiger partial charge in [-0.05, 0) is 44.5 Å². The number of methoxy groups -OCH3 is 1. The second-order valence-electron chi connectivity index (χ2n) is 8.96. The van der Waals surface area contributed by atoms with Gasteiger partial charge in [0.25, 0.3) is 5.91 Å². The number of rotatable bonds is 10. The van der Waals surface area contributed by atoms with E-state index in [0.717, 1.165) is 17.7 Å². The highest BCUT2D eigenvalue weighted by molar-refractivity contribution is 5.97. The summed E-state index contributed by atoms with van der Waals surface area (Å²) in [6, 6.07) is 6.37. The van der Waals surface area contributed by atoms with Gasteiger partial charge in [-0.3, -0.25) is 14.4 Å². The molecule has 1 unspecified atom stereocenters. The molecule has 0 aliphatic heterocycles. The molecule has 0 saturated heterocycles. The van der Waals surface area contributed by atoms with E-state index in [0.29, 0.717) is 18.5 Å². The minimum atomic E-state index is -4.60. The van der Waals surface area contributed by atoms with Gasteiger partial charge in [-0.25, -0.2) is 4.98 Å². The lowest BCUT2D eigenvalue weighted by Gasteiger charge is -2.26. The van der Waals surface area contributed by atoms with Crippen molar-refractivity contribution in [2.24, 2.45) is 0 Å². The molecule has 0 aliphatic carbocycles. The van der Waals surface area contributed by atoms with Gasteiger partial charge < -0.3 is 26.0 Å². The molecule has 0 saturated carbocycles. The van der Waals surface area contributed by atoms with Crippen molar-refractivity contribution in [3.8, 4) is 5.88 Å². The van der Waals surface area contributed by atoms with E-state index in [9.17, 15) is 27.6 Å². The number of nitrogens with one attached hydrogen (secondary N) is 4. The number of nitrogens with zero attached hydrogens (tertiary/aromatic N) is 1. The number of pyridine rings is 1. The van der Waals surface area contributed by atoms with Crippen molar-refractivity contribution in [2.75, 3.05) is 20.2 Å². The maximum absolute atomic E-state index is 12.9. The standard InChI is InChI=1S/C24H30F3N5O4/c1-23(2,3)32-22(35)18(13-28-11-15-8-9-20(36-4)29-12-15)31-19(33)14-30-21(34)16-6-5-7-17(10-16)24(25,26)27/h5-10,12,18,28H,11,13-14H2,1-4H3,(H,30,34)(H,31,33)(H,32,35). The number of alkyl halides is 3. The number of hydrogen-bond acceptors (Lipinski definition) is 6. The lowest BCUT2D eigenvalue weighted by atomic mass is 10.1. The molecular weight excluding hydrogens is 479 g/mol. The summed E-state index contributed by atoms with van der Waals surface area (Å²) in [5, 5.41) is 10.7. The molecule has 36 heavy (non-hydrogen) atoms. The fraction of sp³-hybridized carbons (Fsp3) is 0.417. The molecule has 0 fully saturated rings. The predicted octanol–water partition coefficient (Wildman–Crippen LogP) is 2.03. The zero-order chi connectivity index (χ0) is 26.9. The summed E-state index contributed by atoms with van der Waals surface area (Å²) in [7, 11) is 1.50. The Morgan fingerprint density at radius 3 is 2.39 bits per heavy atom. The largest absolute Gasteiger partial charge is 0.481 e. The number of carbonyl (C=O) groups is 3. The molecule has 0 spiro atoms. The first kappa shape index (κ1) is 28.6. The Labute approximate surface area is 207 Å². The van der Waals surface area contributed by atoms with Gasteiger partial charge in [0.15, 0.2) is 0 Å². The zero-order valence-electron chi connectivity index (χ0n) is 20.5. The lowest BCUT2D eigenvalue weighted by Crippen LogP contribution is -2.56. The number of halogens is 3. The minimum Gasteiger partial charge on any atom is -0.481 e. The van der Waals surface area contributed by atoms with Gasteiger partial charge in [0, 0.05) is 36.5 Å². The van der Waals surface area contributed by atoms with Gasteiger partial charge in [0.2, 0.25) is 17.7 Å². The van der Waals surface area contributed by atoms with Gasteiger partial charge in [-0.1, -0.05) is 12.1 Å². The Hall–Kier alpha value is -3.67. The molecule has 3 amide bonds. The SMILES string of the molecule is COc1ccc(CNCC(NC(=O)CNC(=O)c2cccc(C(F)(F)F)c2)C(=O)NC(C)(C)C)cn1. The molecule has 1 aromatic carbocycles. The van der Waals surface area contributed by atoms with Gasteiger partial charge in [0.1, 0.15) is 6.04 Å². The maximum Gasteiger partial charge on any atom is 0.416 e. The van der Waals surface area contributed by atoms with Crippen LogP contribution in [0.5, 0.6) is 5.88 Å². The molecule has 9 nitrogen and oxygen atoms in total. The predicted molar refractivity (Wildman–Crippen MR) is 126 cm³/mol. The van der Waals surface area contributed by atoms with Crippen molar-refractivity contribution in [2.45, 2.75) is 45.1 Å². The number of benzene rings is 1. The van der Waals surface area contributed by atoms with Crippen LogP contribution in [0.3, 0.4) is 0 Å². The van der Waals surface area contributed by atoms with Crippen LogP contribution in [0.25, 0.3) is 0 Å². The number of carbonyl (C=O) groups excluding carboxylic acids is 3. The fourth-order valence-corrected chi connectivity index (χ4v) is 3.01. The Kier molecular flexibility index (Phi) is 9.79. The van der Waals surface area contributed by atoms with E-state index < -0.39 is 47.6 Å². The van der Waals surface area contributed by atoms with E-state index in [4.69, 9.17) is 4.74 Å². The third kappa shape index (κ3) is 9.53. The van der Waals surface area contributed by atoms with Gasteiger partial charge >= 0.3 is 6.18 Å². The molecule has 4 N–H and O–H groups in total. The van der Waals surface area contributed by atoms with Crippen LogP contribution in [0.15, 0.2) is 42.6 Å². The van der Waals surface area contributed by atoms with Gasteiger partial charge in [-0.15, -0.1) is 0 Å². The van der Waals surface area contributed by atoms with Crippen molar-refractivity contribution >= 4 is 17.7 Å². The zero-order valence-corrected chi connectivity index (χ0v) is 20.5. The topological polar surface area (TPSA) is 121 Å². The highest BCUT2D eigenvalue weighted by Crippen LogP contribution is 2.29. The molecule has 1 heterocycles. The van der Waals surface area contributed by atoms with Gasteiger partial charge in [-0.2, -0.15) is 13.2 Å². The third-order valence-electron chi connectivity index (χ3n) is 4.70. The fourth-order valence-electron chi connectivity index (χ4n) is 3.01. The van der Waals surface area contributed by atoms with E-state index >= 15 is 0 Å². The summed E-state index contributed by atoms with van der Waals surface area (Å²) < 4.78 is 43.6. The van der Waals surface area contributed by atoms with Crippen LogP contribution in [0, 0.1) is 0 Å². The van der Waals surface area contributed by atoms with Crippen LogP contribution < -0.4 is 26.0 Å². The first-order valence-corrected chi connectivity index (χ1v) is 11.0. The summed E-state index contributed by atoms with van der Waals surface area (Å²) >= 11 is 0. The molecule has 0 bridgehead atoms.